The molecule has 0 bridgehead atoms. The summed E-state index contributed by atoms with van der Waals surface area (Å²) in [7, 11) is 3.21. The Morgan fingerprint density at radius 1 is 1.20 bits per heavy atom. The van der Waals surface area contributed by atoms with E-state index in [-0.39, 0.29) is 5.91 Å². The highest BCUT2D eigenvalue weighted by atomic mass is 32.2. The van der Waals surface area contributed by atoms with E-state index in [4.69, 9.17) is 9.47 Å². The Morgan fingerprint density at radius 3 is 2.73 bits per heavy atom. The normalized spacial score (nSPS) is 11.4. The van der Waals surface area contributed by atoms with Crippen molar-refractivity contribution in [1.82, 2.24) is 9.71 Å². The maximum absolute atomic E-state index is 12.9. The molecule has 0 aliphatic rings. The molecule has 8 heteroatoms. The quantitative estimate of drug-likeness (QED) is 0.478. The third kappa shape index (κ3) is 4.65. The highest BCUT2D eigenvalue weighted by Gasteiger charge is 2.14. The number of benzene rings is 1. The zero-order valence-corrected chi connectivity index (χ0v) is 18.1. The Labute approximate surface area is 179 Å². The topological polar surface area (TPSA) is 85.9 Å². The van der Waals surface area contributed by atoms with Crippen LogP contribution in [0.25, 0.3) is 0 Å². The van der Waals surface area contributed by atoms with Crippen LogP contribution in [0.2, 0.25) is 0 Å². The number of hydrogen-bond donors (Lipinski definition) is 1. The second kappa shape index (κ2) is 9.49. The molecule has 0 radical (unpaired) electrons. The summed E-state index contributed by atoms with van der Waals surface area (Å²) in [6, 6.07) is 10.6. The molecule has 3 aromatic rings. The monoisotopic (exact) mass is 425 g/mol. The Balaban J connectivity index is 1.88. The van der Waals surface area contributed by atoms with Gasteiger partial charge in [0.15, 0.2) is 0 Å². The first kappa shape index (κ1) is 21.4. The standard InChI is InChI=1S/C22H23N3O4S/c1-14-15(2)25(27)11-9-19(14)24-21(26)18-6-5-10-23-22(18)30-13-16-7-8-17(28-3)12-20(16)29-4/h5-12,27H,13H2,1-4H3. The third-order valence-electron chi connectivity index (χ3n) is 4.73. The number of carbonyl (C=O) groups is 1. The van der Waals surface area contributed by atoms with Gasteiger partial charge in [0, 0.05) is 29.8 Å². The molecular weight excluding hydrogens is 402 g/mol. The predicted octanol–water partition coefficient (Wildman–Crippen LogP) is 3.79. The number of thioether (sulfide) groups is 1. The number of hydrogen-bond acceptors (Lipinski definition) is 6. The molecule has 0 atom stereocenters. The first-order valence-electron chi connectivity index (χ1n) is 9.20. The summed E-state index contributed by atoms with van der Waals surface area (Å²) in [4.78, 5) is 21.5. The Morgan fingerprint density at radius 2 is 2.00 bits per heavy atom. The molecule has 1 aromatic carbocycles. The van der Waals surface area contributed by atoms with Gasteiger partial charge < -0.3 is 14.7 Å². The van der Waals surface area contributed by atoms with Gasteiger partial charge in [0.1, 0.15) is 16.5 Å². The molecule has 0 unspecified atom stereocenters. The van der Waals surface area contributed by atoms with Crippen molar-refractivity contribution in [3.63, 3.8) is 0 Å². The van der Waals surface area contributed by atoms with Crippen LogP contribution in [-0.2, 0) is 5.75 Å². The van der Waals surface area contributed by atoms with Gasteiger partial charge in [0.25, 0.3) is 5.91 Å². The van der Waals surface area contributed by atoms with E-state index < -0.39 is 0 Å². The van der Waals surface area contributed by atoms with E-state index in [1.165, 1.54) is 18.0 Å². The van der Waals surface area contributed by atoms with Crippen LogP contribution >= 0.6 is 11.8 Å². The van der Waals surface area contributed by atoms with Crippen molar-refractivity contribution in [3.05, 3.63) is 76.5 Å². The number of amides is 1. The van der Waals surface area contributed by atoms with Crippen LogP contribution in [0.5, 0.6) is 11.5 Å². The highest BCUT2D eigenvalue weighted by molar-refractivity contribution is 7.98. The van der Waals surface area contributed by atoms with Crippen molar-refractivity contribution in [2.45, 2.75) is 24.6 Å². The molecule has 1 N–H and O–H groups in total. The minimum Gasteiger partial charge on any atom is -0.497 e. The molecule has 7 nitrogen and oxygen atoms in total. The fraction of sp³-hybridized carbons (Fsp3) is 0.227. The first-order chi connectivity index (χ1) is 14.4. The van der Waals surface area contributed by atoms with Crippen molar-refractivity contribution >= 4 is 17.7 Å². The number of pyridine rings is 2. The number of methoxy groups -OCH3 is 2. The van der Waals surface area contributed by atoms with E-state index in [1.54, 1.807) is 45.5 Å². The van der Waals surface area contributed by atoms with E-state index in [2.05, 4.69) is 9.98 Å². The summed E-state index contributed by atoms with van der Waals surface area (Å²) in [5.41, 5.74) is 2.74. The van der Waals surface area contributed by atoms with Crippen molar-refractivity contribution in [3.8, 4) is 11.5 Å². The van der Waals surface area contributed by atoms with Crippen molar-refractivity contribution in [2.24, 2.45) is 4.99 Å². The fourth-order valence-electron chi connectivity index (χ4n) is 2.81. The molecule has 0 aliphatic heterocycles. The summed E-state index contributed by atoms with van der Waals surface area (Å²) in [6.45, 7) is 3.56. The molecule has 2 heterocycles. The van der Waals surface area contributed by atoms with E-state index >= 15 is 0 Å². The molecule has 156 valence electrons. The van der Waals surface area contributed by atoms with Crippen LogP contribution in [0, 0.1) is 13.8 Å². The average molecular weight is 426 g/mol. The lowest BCUT2D eigenvalue weighted by atomic mass is 10.2. The number of ether oxygens (including phenoxy) is 2. The smallest absolute Gasteiger partial charge is 0.280 e. The van der Waals surface area contributed by atoms with E-state index in [0.29, 0.717) is 38.9 Å². The van der Waals surface area contributed by atoms with Crippen molar-refractivity contribution in [1.29, 1.82) is 0 Å². The highest BCUT2D eigenvalue weighted by Crippen LogP contribution is 2.31. The van der Waals surface area contributed by atoms with Crippen molar-refractivity contribution < 1.29 is 19.5 Å². The minimum atomic E-state index is -0.384. The molecule has 0 spiro atoms. The van der Waals surface area contributed by atoms with E-state index in [9.17, 15) is 10.0 Å². The van der Waals surface area contributed by atoms with Crippen molar-refractivity contribution in [2.75, 3.05) is 14.2 Å². The van der Waals surface area contributed by atoms with Gasteiger partial charge in [-0.05, 0) is 43.7 Å². The predicted molar refractivity (Wildman–Crippen MR) is 114 cm³/mol. The van der Waals surface area contributed by atoms with Gasteiger partial charge in [-0.2, -0.15) is 4.73 Å². The number of carbonyl (C=O) groups excluding carboxylic acids is 1. The molecule has 0 aliphatic carbocycles. The van der Waals surface area contributed by atoms with Gasteiger partial charge >= 0.3 is 0 Å². The zero-order chi connectivity index (χ0) is 21.7. The molecule has 0 saturated carbocycles. The Hall–Kier alpha value is -3.26. The van der Waals surface area contributed by atoms with Gasteiger partial charge in [-0.15, -0.1) is 11.8 Å². The molecule has 0 saturated heterocycles. The third-order valence-corrected chi connectivity index (χ3v) is 5.78. The Bertz CT molecular complexity index is 1140. The maximum Gasteiger partial charge on any atom is 0.280 e. The van der Waals surface area contributed by atoms with Gasteiger partial charge in [-0.1, -0.05) is 6.07 Å². The summed E-state index contributed by atoms with van der Waals surface area (Å²) in [5.74, 6) is 1.61. The number of nitrogens with zero attached hydrogens (tertiary/aromatic N) is 3. The molecule has 0 fully saturated rings. The molecular formula is C22H23N3O4S. The summed E-state index contributed by atoms with van der Waals surface area (Å²) in [5, 5.41) is 10.8. The van der Waals surface area contributed by atoms with E-state index in [1.807, 2.05) is 25.1 Å². The lowest BCUT2D eigenvalue weighted by molar-refractivity contribution is 0.0994. The second-order valence-corrected chi connectivity index (χ2v) is 7.46. The maximum atomic E-state index is 12.9. The van der Waals surface area contributed by atoms with Gasteiger partial charge in [0.05, 0.1) is 30.8 Å². The lowest BCUT2D eigenvalue weighted by Gasteiger charge is -2.11. The lowest BCUT2D eigenvalue weighted by Crippen LogP contribution is -2.16. The van der Waals surface area contributed by atoms with Gasteiger partial charge in [-0.3, -0.25) is 4.79 Å². The zero-order valence-electron chi connectivity index (χ0n) is 17.2. The van der Waals surface area contributed by atoms with Crippen LogP contribution in [0.3, 0.4) is 0 Å². The Kier molecular flexibility index (Phi) is 6.79. The molecule has 1 amide bonds. The largest absolute Gasteiger partial charge is 0.497 e. The second-order valence-electron chi connectivity index (χ2n) is 6.50. The minimum absolute atomic E-state index is 0.384. The van der Waals surface area contributed by atoms with E-state index in [0.717, 1.165) is 15.9 Å². The van der Waals surface area contributed by atoms with Gasteiger partial charge in [0.2, 0.25) is 0 Å². The molecule has 3 rings (SSSR count). The van der Waals surface area contributed by atoms with Crippen LogP contribution in [0.4, 0.5) is 0 Å². The van der Waals surface area contributed by atoms with Crippen LogP contribution in [0.1, 0.15) is 27.2 Å². The first-order valence-corrected chi connectivity index (χ1v) is 10.2. The van der Waals surface area contributed by atoms with Crippen LogP contribution in [-0.4, -0.2) is 35.0 Å². The number of aromatic nitrogens is 2. The van der Waals surface area contributed by atoms with Crippen LogP contribution < -0.4 is 14.8 Å². The summed E-state index contributed by atoms with van der Waals surface area (Å²) >= 11 is 1.43. The summed E-state index contributed by atoms with van der Waals surface area (Å²) in [6.07, 6.45) is 3.11. The molecule has 2 aromatic heterocycles. The fourth-order valence-corrected chi connectivity index (χ4v) is 3.79. The molecule has 30 heavy (non-hydrogen) atoms. The number of rotatable bonds is 6. The summed E-state index contributed by atoms with van der Waals surface area (Å²) < 4.78 is 11.7. The SMILES string of the molecule is COc1ccc(CSc2ncccc2C(=O)N=c2ccn(O)c(C)c2C)c(OC)c1. The van der Waals surface area contributed by atoms with Crippen LogP contribution in [0.15, 0.2) is 58.8 Å². The average Bonchev–Trinajstić information content (AvgIpc) is 2.78. The van der Waals surface area contributed by atoms with Gasteiger partial charge in [-0.25, -0.2) is 9.98 Å².